The van der Waals surface area contributed by atoms with E-state index in [4.69, 9.17) is 14.2 Å². The molecule has 0 radical (unpaired) electrons. The van der Waals surface area contributed by atoms with Gasteiger partial charge in [0.2, 0.25) is 0 Å². The molecular weight excluding hydrogens is 436 g/mol. The van der Waals surface area contributed by atoms with Crippen molar-refractivity contribution in [3.63, 3.8) is 0 Å². The molecule has 0 aliphatic carbocycles. The molecule has 0 atom stereocenters. The maximum absolute atomic E-state index is 5.87. The third-order valence-corrected chi connectivity index (χ3v) is 4.46. The molecule has 5 heteroatoms. The van der Waals surface area contributed by atoms with Gasteiger partial charge in [-0.15, -0.1) is 0 Å². The molecule has 24 heavy (non-hydrogen) atoms. The molecule has 3 nitrogen and oxygen atoms in total. The van der Waals surface area contributed by atoms with Gasteiger partial charge in [0, 0.05) is 9.80 Å². The molecule has 0 bridgehead atoms. The highest BCUT2D eigenvalue weighted by atomic mass is 79.9. The van der Waals surface area contributed by atoms with Gasteiger partial charge in [-0.2, -0.15) is 0 Å². The summed E-state index contributed by atoms with van der Waals surface area (Å²) in [4.78, 5) is 0. The van der Waals surface area contributed by atoms with Crippen LogP contribution >= 0.6 is 31.9 Å². The maximum Gasteiger partial charge on any atom is 0.120 e. The number of methoxy groups -OCH3 is 1. The first-order valence-electron chi connectivity index (χ1n) is 7.56. The van der Waals surface area contributed by atoms with Gasteiger partial charge in [0.1, 0.15) is 18.1 Å². The average molecular weight is 456 g/mol. The van der Waals surface area contributed by atoms with Crippen LogP contribution in [0.15, 0.2) is 59.1 Å². The summed E-state index contributed by atoms with van der Waals surface area (Å²) in [6.45, 7) is 1.64. The molecule has 0 unspecified atom stereocenters. The molecule has 0 aliphatic heterocycles. The second-order valence-electron chi connectivity index (χ2n) is 5.03. The molecule has 0 spiro atoms. The van der Waals surface area contributed by atoms with E-state index in [2.05, 4.69) is 31.9 Å². The van der Waals surface area contributed by atoms with Crippen LogP contribution in [0.1, 0.15) is 11.1 Å². The summed E-state index contributed by atoms with van der Waals surface area (Å²) < 4.78 is 17.7. The number of alkyl halides is 1. The summed E-state index contributed by atoms with van der Waals surface area (Å²) in [6.07, 6.45) is 4.01. The number of ether oxygens (including phenoxy) is 3. The number of halogens is 2. The predicted molar refractivity (Wildman–Crippen MR) is 104 cm³/mol. The molecule has 2 rings (SSSR count). The van der Waals surface area contributed by atoms with Crippen LogP contribution in [0.4, 0.5) is 0 Å². The zero-order valence-electron chi connectivity index (χ0n) is 13.5. The van der Waals surface area contributed by atoms with Crippen LogP contribution in [0.5, 0.6) is 11.5 Å². The van der Waals surface area contributed by atoms with E-state index in [9.17, 15) is 0 Å². The lowest BCUT2D eigenvalue weighted by Crippen LogP contribution is -1.98. The Labute approximate surface area is 159 Å². The van der Waals surface area contributed by atoms with E-state index >= 15 is 0 Å². The smallest absolute Gasteiger partial charge is 0.120 e. The van der Waals surface area contributed by atoms with Crippen molar-refractivity contribution in [2.45, 2.75) is 13.2 Å². The van der Waals surface area contributed by atoms with Crippen LogP contribution in [0.3, 0.4) is 0 Å². The van der Waals surface area contributed by atoms with Gasteiger partial charge in [0.05, 0.1) is 20.3 Å². The summed E-state index contributed by atoms with van der Waals surface area (Å²) in [5, 5.41) is 0.842. The molecule has 2 aromatic rings. The Kier molecular flexibility index (Phi) is 8.36. The van der Waals surface area contributed by atoms with Crippen LogP contribution in [0.25, 0.3) is 0 Å². The Morgan fingerprint density at radius 1 is 0.958 bits per heavy atom. The summed E-state index contributed by atoms with van der Waals surface area (Å²) in [6, 6.07) is 13.8. The monoisotopic (exact) mass is 454 g/mol. The third kappa shape index (κ3) is 6.30. The Bertz CT molecular complexity index is 654. The van der Waals surface area contributed by atoms with Crippen molar-refractivity contribution in [3.8, 4) is 11.5 Å². The lowest BCUT2D eigenvalue weighted by molar-refractivity contribution is 0.148. The zero-order valence-corrected chi connectivity index (χ0v) is 16.7. The van der Waals surface area contributed by atoms with Crippen molar-refractivity contribution in [1.29, 1.82) is 0 Å². The molecular formula is C19H20Br2O3. The molecule has 0 aromatic heterocycles. The quantitative estimate of drug-likeness (QED) is 0.283. The van der Waals surface area contributed by atoms with Crippen molar-refractivity contribution in [3.05, 3.63) is 70.2 Å². The first-order chi connectivity index (χ1) is 11.7. The Balaban J connectivity index is 1.90. The summed E-state index contributed by atoms with van der Waals surface area (Å²) in [5.74, 6) is 1.67. The third-order valence-electron chi connectivity index (χ3n) is 3.31. The van der Waals surface area contributed by atoms with Gasteiger partial charge in [-0.25, -0.2) is 0 Å². The van der Waals surface area contributed by atoms with Crippen molar-refractivity contribution in [1.82, 2.24) is 0 Å². The largest absolute Gasteiger partial charge is 0.497 e. The number of allylic oxidation sites excluding steroid dienone is 1. The van der Waals surface area contributed by atoms with Crippen LogP contribution in [0.2, 0.25) is 0 Å². The van der Waals surface area contributed by atoms with Gasteiger partial charge in [-0.05, 0) is 41.5 Å². The standard InChI is InChI=1S/C19H20Br2O3/c1-22-17-6-4-15(5-7-17)13-24-18-8-9-19(21)16(12-18)14-23-11-3-2-10-20/h2-9,12H,10-11,13-14H2,1H3. The second-order valence-corrected chi connectivity index (χ2v) is 6.53. The fourth-order valence-corrected chi connectivity index (χ4v) is 2.63. The van der Waals surface area contributed by atoms with Gasteiger partial charge >= 0.3 is 0 Å². The van der Waals surface area contributed by atoms with Crippen LogP contribution in [0, 0.1) is 0 Å². The normalized spacial score (nSPS) is 11.0. The topological polar surface area (TPSA) is 27.7 Å². The summed E-state index contributed by atoms with van der Waals surface area (Å²) >= 11 is 6.89. The van der Waals surface area contributed by atoms with Crippen LogP contribution < -0.4 is 9.47 Å². The van der Waals surface area contributed by atoms with Crippen LogP contribution in [-0.4, -0.2) is 19.0 Å². The molecule has 2 aromatic carbocycles. The number of hydrogen-bond donors (Lipinski definition) is 0. The first kappa shape index (κ1) is 19.0. The van der Waals surface area contributed by atoms with Gasteiger partial charge in [0.25, 0.3) is 0 Å². The van der Waals surface area contributed by atoms with E-state index in [1.54, 1.807) is 7.11 Å². The minimum Gasteiger partial charge on any atom is -0.497 e. The van der Waals surface area contributed by atoms with E-state index in [1.807, 2.05) is 54.6 Å². The molecule has 0 N–H and O–H groups in total. The van der Waals surface area contributed by atoms with Crippen molar-refractivity contribution < 1.29 is 14.2 Å². The molecule has 0 heterocycles. The highest BCUT2D eigenvalue weighted by Crippen LogP contribution is 2.24. The fourth-order valence-electron chi connectivity index (χ4n) is 2.01. The van der Waals surface area contributed by atoms with E-state index in [1.165, 1.54) is 0 Å². The lowest BCUT2D eigenvalue weighted by atomic mass is 10.2. The summed E-state index contributed by atoms with van der Waals surface area (Å²) in [5.41, 5.74) is 2.16. The minimum absolute atomic E-state index is 0.514. The highest BCUT2D eigenvalue weighted by molar-refractivity contribution is 9.10. The molecule has 128 valence electrons. The molecule has 0 amide bonds. The number of benzene rings is 2. The van der Waals surface area contributed by atoms with Crippen molar-refractivity contribution in [2.24, 2.45) is 0 Å². The Hall–Kier alpha value is -1.30. The van der Waals surface area contributed by atoms with E-state index in [-0.39, 0.29) is 0 Å². The fraction of sp³-hybridized carbons (Fsp3) is 0.263. The van der Waals surface area contributed by atoms with Gasteiger partial charge in [-0.1, -0.05) is 56.1 Å². The van der Waals surface area contributed by atoms with Crippen LogP contribution in [-0.2, 0) is 18.0 Å². The Morgan fingerprint density at radius 3 is 2.42 bits per heavy atom. The van der Waals surface area contributed by atoms with Gasteiger partial charge in [-0.3, -0.25) is 0 Å². The van der Waals surface area contributed by atoms with Crippen molar-refractivity contribution in [2.75, 3.05) is 19.0 Å². The van der Waals surface area contributed by atoms with Gasteiger partial charge in [0.15, 0.2) is 0 Å². The molecule has 0 saturated heterocycles. The molecule has 0 fully saturated rings. The van der Waals surface area contributed by atoms with E-state index < -0.39 is 0 Å². The molecule has 0 saturated carbocycles. The van der Waals surface area contributed by atoms with E-state index in [0.29, 0.717) is 19.8 Å². The summed E-state index contributed by atoms with van der Waals surface area (Å²) in [7, 11) is 1.66. The van der Waals surface area contributed by atoms with Gasteiger partial charge < -0.3 is 14.2 Å². The molecule has 0 aliphatic rings. The SMILES string of the molecule is COc1ccc(COc2ccc(Br)c(COCC=CCBr)c2)cc1. The lowest BCUT2D eigenvalue weighted by Gasteiger charge is -2.10. The van der Waals surface area contributed by atoms with Crippen molar-refractivity contribution >= 4 is 31.9 Å². The number of hydrogen-bond acceptors (Lipinski definition) is 3. The average Bonchev–Trinajstić information content (AvgIpc) is 2.62. The second kappa shape index (κ2) is 10.5. The zero-order chi connectivity index (χ0) is 17.2. The van der Waals surface area contributed by atoms with E-state index in [0.717, 1.165) is 32.4 Å². The Morgan fingerprint density at radius 2 is 1.71 bits per heavy atom. The highest BCUT2D eigenvalue weighted by Gasteiger charge is 2.04. The first-order valence-corrected chi connectivity index (χ1v) is 9.47. The predicted octanol–water partition coefficient (Wildman–Crippen LogP) is 5.50. The minimum atomic E-state index is 0.514. The maximum atomic E-state index is 5.87. The number of rotatable bonds is 9.